The maximum atomic E-state index is 5.34. The van der Waals surface area contributed by atoms with Gasteiger partial charge in [0.1, 0.15) is 0 Å². The van der Waals surface area contributed by atoms with Gasteiger partial charge >= 0.3 is 0 Å². The smallest absolute Gasteiger partial charge is 0.154 e. The molecule has 1 aromatic heterocycles. The zero-order chi connectivity index (χ0) is 9.68. The van der Waals surface area contributed by atoms with E-state index in [0.29, 0.717) is 6.61 Å². The average Bonchev–Trinajstić information content (AvgIpc) is 2.16. The highest BCUT2D eigenvalue weighted by molar-refractivity contribution is 9.10. The number of methoxy groups -OCH3 is 1. The van der Waals surface area contributed by atoms with Crippen LogP contribution in [-0.2, 0) is 16.1 Å². The third-order valence-corrected chi connectivity index (χ3v) is 2.34. The maximum Gasteiger partial charge on any atom is 0.154 e. The van der Waals surface area contributed by atoms with Crippen LogP contribution in [0.4, 0.5) is 0 Å². The molecular weight excluding hydrogens is 234 g/mol. The summed E-state index contributed by atoms with van der Waals surface area (Å²) in [5, 5.41) is 0. The predicted octanol–water partition coefficient (Wildman–Crippen LogP) is 2.35. The second kappa shape index (κ2) is 5.32. The summed E-state index contributed by atoms with van der Waals surface area (Å²) in [5.74, 6) is 0. The van der Waals surface area contributed by atoms with Crippen molar-refractivity contribution in [3.8, 4) is 0 Å². The summed E-state index contributed by atoms with van der Waals surface area (Å²) in [6.07, 6.45) is 1.54. The molecule has 1 heterocycles. The first kappa shape index (κ1) is 10.6. The molecule has 0 aliphatic rings. The summed E-state index contributed by atoms with van der Waals surface area (Å²) in [7, 11) is 1.61. The third-order valence-electron chi connectivity index (χ3n) is 1.62. The van der Waals surface area contributed by atoms with Crippen molar-refractivity contribution in [3.63, 3.8) is 0 Å². The SMILES string of the molecule is COC(C)OCc1ncccc1Br. The van der Waals surface area contributed by atoms with Crippen molar-refractivity contribution in [2.24, 2.45) is 0 Å². The second-order valence-electron chi connectivity index (χ2n) is 2.55. The van der Waals surface area contributed by atoms with Gasteiger partial charge in [0.25, 0.3) is 0 Å². The van der Waals surface area contributed by atoms with Crippen LogP contribution in [0.2, 0.25) is 0 Å². The molecule has 0 aliphatic heterocycles. The van der Waals surface area contributed by atoms with E-state index >= 15 is 0 Å². The van der Waals surface area contributed by atoms with Gasteiger partial charge in [-0.25, -0.2) is 0 Å². The molecule has 72 valence electrons. The van der Waals surface area contributed by atoms with Gasteiger partial charge in [-0.2, -0.15) is 0 Å². The van der Waals surface area contributed by atoms with Crippen molar-refractivity contribution in [1.29, 1.82) is 0 Å². The lowest BCUT2D eigenvalue weighted by molar-refractivity contribution is -0.119. The summed E-state index contributed by atoms with van der Waals surface area (Å²) in [5.41, 5.74) is 0.881. The Bertz CT molecular complexity index is 268. The van der Waals surface area contributed by atoms with Crippen molar-refractivity contribution < 1.29 is 9.47 Å². The van der Waals surface area contributed by atoms with Gasteiger partial charge in [-0.3, -0.25) is 4.98 Å². The fourth-order valence-corrected chi connectivity index (χ4v) is 1.16. The van der Waals surface area contributed by atoms with E-state index in [9.17, 15) is 0 Å². The molecule has 0 bridgehead atoms. The largest absolute Gasteiger partial charge is 0.356 e. The first-order chi connectivity index (χ1) is 6.24. The van der Waals surface area contributed by atoms with Crippen LogP contribution in [0.15, 0.2) is 22.8 Å². The predicted molar refractivity (Wildman–Crippen MR) is 53.2 cm³/mol. The van der Waals surface area contributed by atoms with Gasteiger partial charge < -0.3 is 9.47 Å². The molecule has 0 N–H and O–H groups in total. The molecule has 13 heavy (non-hydrogen) atoms. The van der Waals surface area contributed by atoms with E-state index in [1.807, 2.05) is 19.1 Å². The Balaban J connectivity index is 2.50. The molecule has 0 fully saturated rings. The quantitative estimate of drug-likeness (QED) is 0.764. The van der Waals surface area contributed by atoms with Crippen LogP contribution in [0.25, 0.3) is 0 Å². The van der Waals surface area contributed by atoms with Gasteiger partial charge in [-0.1, -0.05) is 0 Å². The highest BCUT2D eigenvalue weighted by Gasteiger charge is 2.03. The minimum absolute atomic E-state index is 0.200. The van der Waals surface area contributed by atoms with Gasteiger partial charge in [-0.15, -0.1) is 0 Å². The van der Waals surface area contributed by atoms with Crippen molar-refractivity contribution in [1.82, 2.24) is 4.98 Å². The fraction of sp³-hybridized carbons (Fsp3) is 0.444. The van der Waals surface area contributed by atoms with Crippen LogP contribution >= 0.6 is 15.9 Å². The maximum absolute atomic E-state index is 5.34. The van der Waals surface area contributed by atoms with Crippen LogP contribution < -0.4 is 0 Å². The normalized spacial score (nSPS) is 12.8. The molecule has 3 nitrogen and oxygen atoms in total. The van der Waals surface area contributed by atoms with Crippen LogP contribution in [0.1, 0.15) is 12.6 Å². The van der Waals surface area contributed by atoms with Crippen LogP contribution in [-0.4, -0.2) is 18.4 Å². The molecule has 0 spiro atoms. The third kappa shape index (κ3) is 3.42. The monoisotopic (exact) mass is 245 g/mol. The molecule has 1 aromatic rings. The first-order valence-corrected chi connectivity index (χ1v) is 4.77. The van der Waals surface area contributed by atoms with E-state index in [0.717, 1.165) is 10.2 Å². The lowest BCUT2D eigenvalue weighted by atomic mass is 10.4. The van der Waals surface area contributed by atoms with E-state index < -0.39 is 0 Å². The molecule has 1 rings (SSSR count). The second-order valence-corrected chi connectivity index (χ2v) is 3.40. The van der Waals surface area contributed by atoms with Gasteiger partial charge in [0.05, 0.1) is 12.3 Å². The first-order valence-electron chi connectivity index (χ1n) is 3.98. The van der Waals surface area contributed by atoms with Crippen molar-refractivity contribution >= 4 is 15.9 Å². The minimum Gasteiger partial charge on any atom is -0.356 e. The van der Waals surface area contributed by atoms with E-state index in [2.05, 4.69) is 20.9 Å². The summed E-state index contributed by atoms with van der Waals surface area (Å²) in [6, 6.07) is 3.80. The molecular formula is C9H12BrNO2. The number of rotatable bonds is 4. The number of nitrogens with zero attached hydrogens (tertiary/aromatic N) is 1. The fourth-order valence-electron chi connectivity index (χ4n) is 0.789. The molecule has 0 saturated heterocycles. The molecule has 1 atom stereocenters. The summed E-state index contributed by atoms with van der Waals surface area (Å²) in [4.78, 5) is 4.16. The highest BCUT2D eigenvalue weighted by atomic mass is 79.9. The minimum atomic E-state index is -0.200. The number of ether oxygens (including phenoxy) is 2. The van der Waals surface area contributed by atoms with Crippen molar-refractivity contribution in [3.05, 3.63) is 28.5 Å². The summed E-state index contributed by atoms with van der Waals surface area (Å²) >= 11 is 3.38. The average molecular weight is 246 g/mol. The van der Waals surface area contributed by atoms with E-state index in [1.165, 1.54) is 0 Å². The number of halogens is 1. The Morgan fingerprint density at radius 2 is 2.38 bits per heavy atom. The van der Waals surface area contributed by atoms with Gasteiger partial charge in [0, 0.05) is 17.8 Å². The molecule has 0 aromatic carbocycles. The topological polar surface area (TPSA) is 31.4 Å². The molecule has 1 unspecified atom stereocenters. The van der Waals surface area contributed by atoms with Gasteiger partial charge in [-0.05, 0) is 35.0 Å². The zero-order valence-electron chi connectivity index (χ0n) is 7.66. The Morgan fingerprint density at radius 1 is 1.62 bits per heavy atom. The molecule has 4 heteroatoms. The summed E-state index contributed by atoms with van der Waals surface area (Å²) in [6.45, 7) is 2.30. The Labute approximate surface area is 86.2 Å². The lowest BCUT2D eigenvalue weighted by Crippen LogP contribution is -2.10. The molecule has 0 saturated carbocycles. The lowest BCUT2D eigenvalue weighted by Gasteiger charge is -2.10. The van der Waals surface area contributed by atoms with Crippen LogP contribution in [0.3, 0.4) is 0 Å². The van der Waals surface area contributed by atoms with Gasteiger partial charge in [0.15, 0.2) is 6.29 Å². The van der Waals surface area contributed by atoms with Crippen LogP contribution in [0, 0.1) is 0 Å². The summed E-state index contributed by atoms with van der Waals surface area (Å²) < 4.78 is 11.2. The van der Waals surface area contributed by atoms with Gasteiger partial charge in [0.2, 0.25) is 0 Å². The van der Waals surface area contributed by atoms with Crippen molar-refractivity contribution in [2.45, 2.75) is 19.8 Å². The van der Waals surface area contributed by atoms with E-state index in [-0.39, 0.29) is 6.29 Å². The molecule has 0 radical (unpaired) electrons. The van der Waals surface area contributed by atoms with E-state index in [4.69, 9.17) is 9.47 Å². The Morgan fingerprint density at radius 3 is 3.00 bits per heavy atom. The molecule has 0 aliphatic carbocycles. The van der Waals surface area contributed by atoms with Crippen molar-refractivity contribution in [2.75, 3.05) is 7.11 Å². The Kier molecular flexibility index (Phi) is 4.35. The number of hydrogen-bond donors (Lipinski definition) is 0. The van der Waals surface area contributed by atoms with Crippen LogP contribution in [0.5, 0.6) is 0 Å². The Hall–Kier alpha value is -0.450. The molecule has 0 amide bonds. The highest BCUT2D eigenvalue weighted by Crippen LogP contribution is 2.14. The number of aromatic nitrogens is 1. The standard InChI is InChI=1S/C9H12BrNO2/c1-7(12-2)13-6-9-8(10)4-3-5-11-9/h3-5,7H,6H2,1-2H3. The zero-order valence-corrected chi connectivity index (χ0v) is 9.24. The number of hydrogen-bond acceptors (Lipinski definition) is 3. The van der Waals surface area contributed by atoms with E-state index in [1.54, 1.807) is 13.3 Å². The number of pyridine rings is 1.